The van der Waals surface area contributed by atoms with Crippen molar-refractivity contribution in [3.63, 3.8) is 0 Å². The molecule has 1 heterocycles. The summed E-state index contributed by atoms with van der Waals surface area (Å²) in [6.07, 6.45) is 0.107. The smallest absolute Gasteiger partial charge is 0.345 e. The van der Waals surface area contributed by atoms with Gasteiger partial charge >= 0.3 is 11.9 Å². The Morgan fingerprint density at radius 1 is 0.949 bits per heavy atom. The number of methoxy groups -OCH3 is 2. The largest absolute Gasteiger partial charge is 0.497 e. The van der Waals surface area contributed by atoms with Crippen molar-refractivity contribution in [3.05, 3.63) is 70.8 Å². The van der Waals surface area contributed by atoms with E-state index in [4.69, 9.17) is 14.2 Å². The lowest BCUT2D eigenvalue weighted by Crippen LogP contribution is -2.38. The van der Waals surface area contributed by atoms with Gasteiger partial charge in [0.1, 0.15) is 11.5 Å². The monoisotopic (exact) mass is 554 g/mol. The van der Waals surface area contributed by atoms with Crippen LogP contribution in [0, 0.1) is 13.8 Å². The molecule has 2 N–H and O–H groups in total. The van der Waals surface area contributed by atoms with Crippen LogP contribution in [0.5, 0.6) is 17.2 Å². The van der Waals surface area contributed by atoms with Crippen molar-refractivity contribution in [1.29, 1.82) is 0 Å². The van der Waals surface area contributed by atoms with Gasteiger partial charge in [-0.1, -0.05) is 12.1 Å². The molecule has 11 heteroatoms. The van der Waals surface area contributed by atoms with E-state index in [1.54, 1.807) is 50.2 Å². The molecule has 39 heavy (non-hydrogen) atoms. The van der Waals surface area contributed by atoms with Crippen molar-refractivity contribution >= 4 is 43.9 Å². The van der Waals surface area contributed by atoms with Crippen molar-refractivity contribution in [3.8, 4) is 17.2 Å². The standard InChI is InChI=1S/C28H27NO9S/c1-16-12-18(27(30)31)13-17(2)26(16)38-28(32)24-20-8-5-6-9-22(20)29(10-7-11-39(33,34)35)25-21(24)14-19(36-3)15-23(25)37-4/h5-6,8-9,12-15H,7,10-11H2,1-4H3,(H-,30,31,33,34,35)/p+1. The lowest BCUT2D eigenvalue weighted by atomic mass is 10.0. The lowest BCUT2D eigenvalue weighted by Gasteiger charge is -2.16. The number of aryl methyl sites for hydroxylation is 3. The second-order valence-corrected chi connectivity index (χ2v) is 10.6. The Morgan fingerprint density at radius 3 is 2.21 bits per heavy atom. The number of hydrogen-bond donors (Lipinski definition) is 2. The molecule has 4 aromatic rings. The molecule has 0 aliphatic heterocycles. The second kappa shape index (κ2) is 10.9. The number of benzene rings is 3. The zero-order valence-corrected chi connectivity index (χ0v) is 22.7. The fourth-order valence-corrected chi connectivity index (χ4v) is 5.24. The Labute approximate surface area is 225 Å². The topological polar surface area (TPSA) is 140 Å². The highest BCUT2D eigenvalue weighted by Gasteiger charge is 2.30. The van der Waals surface area contributed by atoms with Crippen LogP contribution in [0.15, 0.2) is 48.5 Å². The molecule has 0 saturated carbocycles. The number of carbonyl (C=O) groups is 2. The maximum Gasteiger partial charge on any atom is 0.345 e. The average molecular weight is 555 g/mol. The molecule has 0 unspecified atom stereocenters. The van der Waals surface area contributed by atoms with Gasteiger partial charge in [0.25, 0.3) is 15.6 Å². The normalized spacial score (nSPS) is 11.5. The van der Waals surface area contributed by atoms with E-state index in [-0.39, 0.29) is 29.8 Å². The van der Waals surface area contributed by atoms with E-state index in [2.05, 4.69) is 0 Å². The SMILES string of the molecule is COc1cc(OC)c2c(c1)c(C(=O)Oc1c(C)cc(C(=O)O)cc1C)c1ccccc1[n+]2CCCS(=O)(=O)O. The molecular weight excluding hydrogens is 526 g/mol. The highest BCUT2D eigenvalue weighted by atomic mass is 32.2. The molecule has 0 spiro atoms. The molecule has 3 aromatic carbocycles. The first-order chi connectivity index (χ1) is 18.4. The van der Waals surface area contributed by atoms with E-state index in [0.29, 0.717) is 44.4 Å². The molecule has 204 valence electrons. The van der Waals surface area contributed by atoms with Gasteiger partial charge in [0.2, 0.25) is 5.52 Å². The fraction of sp³-hybridized carbons (Fsp3) is 0.250. The van der Waals surface area contributed by atoms with Gasteiger partial charge in [0.05, 0.1) is 41.9 Å². The summed E-state index contributed by atoms with van der Waals surface area (Å²) in [6, 6.07) is 13.3. The zero-order valence-electron chi connectivity index (χ0n) is 21.8. The van der Waals surface area contributed by atoms with Gasteiger partial charge in [-0.2, -0.15) is 13.0 Å². The summed E-state index contributed by atoms with van der Waals surface area (Å²) < 4.78 is 50.9. The van der Waals surface area contributed by atoms with Crippen LogP contribution in [-0.4, -0.2) is 50.0 Å². The molecule has 0 fully saturated rings. The van der Waals surface area contributed by atoms with Gasteiger partial charge < -0.3 is 19.3 Å². The summed E-state index contributed by atoms with van der Waals surface area (Å²) in [6.45, 7) is 3.53. The van der Waals surface area contributed by atoms with Crippen LogP contribution in [0.25, 0.3) is 21.8 Å². The van der Waals surface area contributed by atoms with Crippen LogP contribution in [0.1, 0.15) is 38.3 Å². The minimum Gasteiger partial charge on any atom is -0.497 e. The molecule has 0 saturated heterocycles. The van der Waals surface area contributed by atoms with Crippen LogP contribution in [0.4, 0.5) is 0 Å². The summed E-state index contributed by atoms with van der Waals surface area (Å²) in [7, 11) is -1.22. The number of ether oxygens (including phenoxy) is 3. The third kappa shape index (κ3) is 5.64. The molecule has 1 aromatic heterocycles. The number of nitrogens with zero attached hydrogens (tertiary/aromatic N) is 1. The minimum absolute atomic E-state index is 0.0841. The maximum absolute atomic E-state index is 13.9. The van der Waals surface area contributed by atoms with Gasteiger partial charge in [0.15, 0.2) is 12.3 Å². The van der Waals surface area contributed by atoms with E-state index in [1.807, 2.05) is 4.57 Å². The number of rotatable bonds is 9. The fourth-order valence-electron chi connectivity index (χ4n) is 4.75. The molecule has 10 nitrogen and oxygen atoms in total. The number of para-hydroxylation sites is 1. The number of aromatic nitrogens is 1. The van der Waals surface area contributed by atoms with Crippen LogP contribution in [0.3, 0.4) is 0 Å². The number of hydrogen-bond acceptors (Lipinski definition) is 7. The van der Waals surface area contributed by atoms with Crippen molar-refractivity contribution < 1.29 is 46.4 Å². The van der Waals surface area contributed by atoms with Crippen molar-refractivity contribution in [2.45, 2.75) is 26.8 Å². The molecule has 0 bridgehead atoms. The van der Waals surface area contributed by atoms with E-state index in [9.17, 15) is 27.7 Å². The highest BCUT2D eigenvalue weighted by molar-refractivity contribution is 7.85. The summed E-state index contributed by atoms with van der Waals surface area (Å²) in [5.41, 5.74) is 2.41. The number of pyridine rings is 1. The van der Waals surface area contributed by atoms with E-state index >= 15 is 0 Å². The molecule has 0 atom stereocenters. The summed E-state index contributed by atoms with van der Waals surface area (Å²) in [4.78, 5) is 25.3. The number of esters is 1. The highest BCUT2D eigenvalue weighted by Crippen LogP contribution is 2.36. The summed E-state index contributed by atoms with van der Waals surface area (Å²) in [5, 5.41) is 10.4. The van der Waals surface area contributed by atoms with E-state index in [0.717, 1.165) is 0 Å². The minimum atomic E-state index is -4.18. The van der Waals surface area contributed by atoms with Gasteiger partial charge in [-0.05, 0) is 49.2 Å². The van der Waals surface area contributed by atoms with Gasteiger partial charge in [-0.15, -0.1) is 0 Å². The first-order valence-corrected chi connectivity index (χ1v) is 13.6. The van der Waals surface area contributed by atoms with Gasteiger partial charge in [0, 0.05) is 18.6 Å². The maximum atomic E-state index is 13.9. The third-order valence-electron chi connectivity index (χ3n) is 6.40. The Bertz CT molecular complexity index is 1710. The van der Waals surface area contributed by atoms with Crippen molar-refractivity contribution in [1.82, 2.24) is 0 Å². The van der Waals surface area contributed by atoms with Crippen molar-refractivity contribution in [2.24, 2.45) is 0 Å². The van der Waals surface area contributed by atoms with Crippen LogP contribution in [-0.2, 0) is 16.7 Å². The van der Waals surface area contributed by atoms with Crippen molar-refractivity contribution in [2.75, 3.05) is 20.0 Å². The number of carboxylic acid groups (broad SMARTS) is 1. The molecule has 0 amide bonds. The van der Waals surface area contributed by atoms with Crippen LogP contribution >= 0.6 is 0 Å². The summed E-state index contributed by atoms with van der Waals surface area (Å²) >= 11 is 0. The number of carboxylic acids is 1. The van der Waals surface area contributed by atoms with E-state index in [1.165, 1.54) is 26.4 Å². The predicted octanol–water partition coefficient (Wildman–Crippen LogP) is 4.11. The third-order valence-corrected chi connectivity index (χ3v) is 7.20. The Kier molecular flexibility index (Phi) is 7.75. The molecular formula is C28H28NO9S+. The van der Waals surface area contributed by atoms with Crippen LogP contribution in [0.2, 0.25) is 0 Å². The first kappa shape index (κ1) is 27.8. The molecule has 0 radical (unpaired) electrons. The molecule has 4 rings (SSSR count). The lowest BCUT2D eigenvalue weighted by molar-refractivity contribution is -0.645. The first-order valence-electron chi connectivity index (χ1n) is 12.0. The molecule has 0 aliphatic rings. The number of carbonyl (C=O) groups excluding carboxylic acids is 1. The van der Waals surface area contributed by atoms with Crippen LogP contribution < -0.4 is 18.8 Å². The number of fused-ring (bicyclic) bond motifs is 2. The Balaban J connectivity index is 1.98. The Hall–Kier alpha value is -4.22. The zero-order chi connectivity index (χ0) is 28.5. The summed E-state index contributed by atoms with van der Waals surface area (Å²) in [5.74, 6) is -1.14. The van der Waals surface area contributed by atoms with Gasteiger partial charge in [-0.25, -0.2) is 9.59 Å². The van der Waals surface area contributed by atoms with Gasteiger partial charge in [-0.3, -0.25) is 4.55 Å². The average Bonchev–Trinajstić information content (AvgIpc) is 2.88. The predicted molar refractivity (Wildman–Crippen MR) is 144 cm³/mol. The second-order valence-electron chi connectivity index (χ2n) is 9.04. The number of aromatic carboxylic acids is 1. The van der Waals surface area contributed by atoms with E-state index < -0.39 is 27.8 Å². The molecule has 0 aliphatic carbocycles. The Morgan fingerprint density at radius 2 is 1.62 bits per heavy atom. The quantitative estimate of drug-likeness (QED) is 0.103.